The topological polar surface area (TPSA) is 251 Å². The average molecular weight is 1110 g/mol. The fraction of sp³-hybridized carbons (Fsp3) is 0.458. The van der Waals surface area contributed by atoms with E-state index in [2.05, 4.69) is 55.3 Å². The SMILES string of the molecule is [2H]C[C@H]1O[C@@H](n2cnc3c(NC(=O)c4ccccc4)ncnc32)[C@@H](F)C1OP(=S)(OCC[N+]#[C-])OC[C@H]1O[C@@H](n2cnc3c(NC(=O)c4ccccc4)ncnc32)[C@@H](OC)C1OP(OCC[N+]#[C-])N(C(C)C)C(C)C.[3H]OC. The molecule has 4 unspecified atom stereocenters. The summed E-state index contributed by atoms with van der Waals surface area (Å²) in [6.07, 6.45) is -5.06. The number of carbonyl (C=O) groups is 2. The number of nitrogens with zero attached hydrogens (tertiary/aromatic N) is 11. The number of carbonyl (C=O) groups excluding carboxylic acids is 2. The molecule has 0 bridgehead atoms. The fourth-order valence-corrected chi connectivity index (χ4v) is 12.1. The third-order valence-corrected chi connectivity index (χ3v) is 16.1. The van der Waals surface area contributed by atoms with Crippen molar-refractivity contribution in [3.8, 4) is 0 Å². The van der Waals surface area contributed by atoms with Gasteiger partial charge in [-0.25, -0.2) is 52.1 Å². The van der Waals surface area contributed by atoms with E-state index in [1.54, 1.807) is 65.2 Å². The lowest BCUT2D eigenvalue weighted by Crippen LogP contribution is -2.41. The second kappa shape index (κ2) is 26.9. The van der Waals surface area contributed by atoms with Gasteiger partial charge < -0.3 is 57.7 Å². The predicted molar refractivity (Wildman–Crippen MR) is 281 cm³/mol. The van der Waals surface area contributed by atoms with Crippen molar-refractivity contribution in [2.45, 2.75) is 95.8 Å². The number of methoxy groups -OCH3 is 1. The third-order valence-electron chi connectivity index (χ3n) is 11.6. The molecule has 0 aliphatic carbocycles. The highest BCUT2D eigenvalue weighted by Gasteiger charge is 2.52. The molecule has 2 amide bonds. The van der Waals surface area contributed by atoms with Crippen LogP contribution in [0, 0.1) is 13.1 Å². The Kier molecular flexibility index (Phi) is 19.4. The van der Waals surface area contributed by atoms with Crippen LogP contribution in [0.15, 0.2) is 86.0 Å². The van der Waals surface area contributed by atoms with Gasteiger partial charge in [0.1, 0.15) is 50.3 Å². The first-order chi connectivity index (χ1) is 37.7. The molecule has 24 nitrogen and oxygen atoms in total. The zero-order valence-electron chi connectivity index (χ0n) is 44.2. The number of aliphatic hydroxyl groups is 1. The van der Waals surface area contributed by atoms with Crippen LogP contribution in [0.4, 0.5) is 16.0 Å². The molecular weight excluding hydrogens is 1050 g/mol. The fourth-order valence-electron chi connectivity index (χ4n) is 8.29. The van der Waals surface area contributed by atoms with Crippen LogP contribution in [-0.2, 0) is 48.6 Å². The van der Waals surface area contributed by atoms with Gasteiger partial charge in [-0.05, 0) is 70.7 Å². The van der Waals surface area contributed by atoms with Crippen molar-refractivity contribution in [3.05, 3.63) is 120 Å². The van der Waals surface area contributed by atoms with Crippen molar-refractivity contribution in [1.82, 2.24) is 43.7 Å². The standard InChI is InChI=1S/C47H54FN13O10P2S.CH4O/c1-28(2)61(29(3)4)72(65-21-19-49-6)70-38-33(69-47(39(38)64-8)60-27-56-36-41(52-25-54-43(36)60)58-45(63)32-17-13-10-14-18-32)23-67-73(74,66-22-20-50-7)71-37-30(5)68-46(34(37)48)59-26-55-35-40(51-24-53-42(35)59)57-44(62)31-15-11-9-12-16-31;1-2/h9-18,24-30,33-34,37-39,46-47H,19-23H2,1-5,8H3,(H,51,53,57,62)(H,52,54,58,63);2H,1H3/t30-,33-,34+,37?,38?,39+,46-,47-,72?,73?;/m1./s1/i5D;2T. The Morgan fingerprint density at radius 3 is 1.91 bits per heavy atom. The molecule has 2 fully saturated rings. The maximum atomic E-state index is 17.1. The molecule has 6 aromatic rings. The zero-order valence-corrected chi connectivity index (χ0v) is 44.8. The van der Waals surface area contributed by atoms with Crippen molar-refractivity contribution in [2.24, 2.45) is 0 Å². The molecule has 0 spiro atoms. The Morgan fingerprint density at radius 1 is 0.855 bits per heavy atom. The molecule has 2 aliphatic rings. The lowest BCUT2D eigenvalue weighted by atomic mass is 10.1. The van der Waals surface area contributed by atoms with E-state index in [4.69, 9.17) is 64.6 Å². The minimum Gasteiger partial charge on any atom is -0.400 e. The van der Waals surface area contributed by atoms with E-state index in [0.29, 0.717) is 11.1 Å². The number of aliphatic hydroxyl groups excluding tert-OH is 1. The number of nitrogens with one attached hydrogen (secondary N) is 2. The zero-order chi connectivity index (χ0) is 55.9. The number of imidazole rings is 2. The number of anilines is 2. The van der Waals surface area contributed by atoms with Gasteiger partial charge in [-0.2, -0.15) is 0 Å². The van der Waals surface area contributed by atoms with Crippen LogP contribution in [0.2, 0.25) is 0 Å². The van der Waals surface area contributed by atoms with Gasteiger partial charge in [-0.1, -0.05) is 36.4 Å². The first-order valence-corrected chi connectivity index (χ1v) is 27.4. The number of ether oxygens (including phenoxy) is 3. The van der Waals surface area contributed by atoms with Crippen molar-refractivity contribution in [1.29, 1.82) is 1.43 Å². The number of fused-ring (bicyclic) bond motifs is 2. The monoisotopic (exact) mass is 1110 g/mol. The number of rotatable bonds is 23. The van der Waals surface area contributed by atoms with Crippen LogP contribution in [0.1, 0.15) is 69.1 Å². The number of hydrogen-bond donors (Lipinski definition) is 3. The molecule has 6 heterocycles. The van der Waals surface area contributed by atoms with Crippen molar-refractivity contribution in [2.75, 3.05) is 57.8 Å². The molecule has 8 rings (SSSR count). The second-order valence-electron chi connectivity index (χ2n) is 17.1. The normalized spacial score (nSPS) is 22.8. The largest absolute Gasteiger partial charge is 0.400 e. The maximum absolute atomic E-state index is 17.1. The van der Waals surface area contributed by atoms with E-state index in [9.17, 15) is 9.59 Å². The first-order valence-electron chi connectivity index (χ1n) is 24.8. The van der Waals surface area contributed by atoms with E-state index in [1.165, 1.54) is 44.1 Å². The van der Waals surface area contributed by atoms with E-state index in [0.717, 1.165) is 0 Å². The van der Waals surface area contributed by atoms with E-state index < -0.39 is 89.7 Å². The van der Waals surface area contributed by atoms with Gasteiger partial charge in [0, 0.05) is 38.8 Å². The minimum atomic E-state index is -4.11. The van der Waals surface area contributed by atoms with Gasteiger partial charge in [-0.15, -0.1) is 0 Å². The van der Waals surface area contributed by atoms with Crippen molar-refractivity contribution < 1.29 is 57.3 Å². The summed E-state index contributed by atoms with van der Waals surface area (Å²) < 4.78 is 87.4. The molecule has 0 radical (unpaired) electrons. The molecule has 28 heteroatoms. The number of aromatic nitrogens is 8. The van der Waals surface area contributed by atoms with Crippen LogP contribution in [0.5, 0.6) is 0 Å². The molecule has 2 aliphatic heterocycles. The van der Waals surface area contributed by atoms with E-state index >= 15 is 4.39 Å². The summed E-state index contributed by atoms with van der Waals surface area (Å²) >= 11 is 6.00. The van der Waals surface area contributed by atoms with Crippen LogP contribution in [0.3, 0.4) is 0 Å². The smallest absolute Gasteiger partial charge is 0.327 e. The molecule has 3 N–H and O–H groups in total. The number of hydrogen-bond acceptors (Lipinski definition) is 19. The molecule has 404 valence electrons. The molecule has 4 aromatic heterocycles. The van der Waals surface area contributed by atoms with E-state index in [-0.39, 0.29) is 72.4 Å². The Morgan fingerprint density at radius 2 is 1.39 bits per heavy atom. The van der Waals surface area contributed by atoms with Crippen molar-refractivity contribution >= 4 is 72.8 Å². The molecule has 2 aromatic carbocycles. The summed E-state index contributed by atoms with van der Waals surface area (Å²) in [7, 11) is 0.843. The minimum absolute atomic E-state index is 0.0604. The highest BCUT2D eigenvalue weighted by atomic mass is 32.5. The third kappa shape index (κ3) is 13.2. The van der Waals surface area contributed by atoms with Gasteiger partial charge in [0.25, 0.3) is 20.3 Å². The maximum Gasteiger partial charge on any atom is 0.327 e. The average Bonchev–Trinajstić information content (AvgIpc) is 4.31. The number of benzene rings is 2. The number of alkyl halides is 1. The number of halogens is 1. The summed E-state index contributed by atoms with van der Waals surface area (Å²) in [5.41, 5.74) is 1.57. The van der Waals surface area contributed by atoms with Gasteiger partial charge in [0.2, 0.25) is 14.5 Å². The molecular formula is C48H58FN13O11P2S. The predicted octanol–water partition coefficient (Wildman–Crippen LogP) is 7.18. The summed E-state index contributed by atoms with van der Waals surface area (Å²) in [6, 6.07) is 16.9. The Hall–Kier alpha value is -5.93. The van der Waals surface area contributed by atoms with Crippen molar-refractivity contribution in [3.63, 3.8) is 0 Å². The van der Waals surface area contributed by atoms with Crippen LogP contribution in [0.25, 0.3) is 32.0 Å². The Balaban J connectivity index is 0.00000287. The lowest BCUT2D eigenvalue weighted by molar-refractivity contribution is -0.0588. The molecule has 76 heavy (non-hydrogen) atoms. The van der Waals surface area contributed by atoms with Gasteiger partial charge in [0.15, 0.2) is 52.6 Å². The molecule has 0 saturated carbocycles. The van der Waals surface area contributed by atoms with Gasteiger partial charge in [0.05, 0.1) is 25.4 Å². The van der Waals surface area contributed by atoms with Gasteiger partial charge in [-0.3, -0.25) is 23.2 Å². The number of amides is 2. The highest BCUT2D eigenvalue weighted by molar-refractivity contribution is 8.07. The quantitative estimate of drug-likeness (QED) is 0.0326. The Bertz CT molecular complexity index is 3070. The van der Waals surface area contributed by atoms with Crippen LogP contribution < -0.4 is 10.6 Å². The Labute approximate surface area is 447 Å². The van der Waals surface area contributed by atoms with Crippen LogP contribution >= 0.6 is 15.2 Å². The van der Waals surface area contributed by atoms with Crippen LogP contribution in [-0.4, -0.2) is 158 Å². The second-order valence-corrected chi connectivity index (χ2v) is 21.5. The van der Waals surface area contributed by atoms with E-state index in [1.807, 2.05) is 32.4 Å². The summed E-state index contributed by atoms with van der Waals surface area (Å²) in [4.78, 5) is 59.4. The van der Waals surface area contributed by atoms with Gasteiger partial charge >= 0.3 is 6.72 Å². The highest BCUT2D eigenvalue weighted by Crippen LogP contribution is 2.56. The summed E-state index contributed by atoms with van der Waals surface area (Å²) in [5, 5.41) is 9.04. The summed E-state index contributed by atoms with van der Waals surface area (Å²) in [5.74, 6) is -0.643. The lowest BCUT2D eigenvalue weighted by Gasteiger charge is -2.38. The first kappa shape index (κ1) is 54.8. The molecule has 10 atom stereocenters. The summed E-state index contributed by atoms with van der Waals surface area (Å²) in [6.45, 7) is 17.6. The molecule has 2 saturated heterocycles.